The maximum Gasteiger partial charge on any atom is 0.342 e. The van der Waals surface area contributed by atoms with E-state index in [-0.39, 0.29) is 11.3 Å². The number of esters is 1. The molecule has 0 radical (unpaired) electrons. The van der Waals surface area contributed by atoms with Crippen LogP contribution >= 0.6 is 15.9 Å². The van der Waals surface area contributed by atoms with Crippen molar-refractivity contribution in [3.05, 3.63) is 58.1 Å². The molecule has 142 valence electrons. The van der Waals surface area contributed by atoms with Gasteiger partial charge in [-0.15, -0.1) is 0 Å². The standard InChI is InChI=1S/C18H17BrN2O6/c1-25-13-7-8-14(15(9-13)26-2)18(24)27-10-16(22)20-21-17(23)11-3-5-12(19)6-4-11/h3-9H,10H2,1-2H3,(H,20,22)(H,21,23). The van der Waals surface area contributed by atoms with Crippen LogP contribution in [-0.2, 0) is 9.53 Å². The summed E-state index contributed by atoms with van der Waals surface area (Å²) in [5.41, 5.74) is 4.91. The topological polar surface area (TPSA) is 103 Å². The first-order valence-electron chi connectivity index (χ1n) is 7.68. The molecule has 0 heterocycles. The van der Waals surface area contributed by atoms with Gasteiger partial charge in [0.25, 0.3) is 11.8 Å². The molecule has 2 aromatic rings. The van der Waals surface area contributed by atoms with Gasteiger partial charge in [-0.2, -0.15) is 0 Å². The number of ether oxygens (including phenoxy) is 3. The van der Waals surface area contributed by atoms with Gasteiger partial charge in [-0.25, -0.2) is 4.79 Å². The van der Waals surface area contributed by atoms with Crippen LogP contribution in [-0.4, -0.2) is 38.6 Å². The molecule has 2 aromatic carbocycles. The highest BCUT2D eigenvalue weighted by Gasteiger charge is 2.16. The highest BCUT2D eigenvalue weighted by Crippen LogP contribution is 2.25. The fourth-order valence-corrected chi connectivity index (χ4v) is 2.28. The number of benzene rings is 2. The highest BCUT2D eigenvalue weighted by molar-refractivity contribution is 9.10. The average Bonchev–Trinajstić information content (AvgIpc) is 2.70. The summed E-state index contributed by atoms with van der Waals surface area (Å²) in [7, 11) is 2.88. The van der Waals surface area contributed by atoms with Crippen molar-refractivity contribution >= 4 is 33.7 Å². The van der Waals surface area contributed by atoms with Gasteiger partial charge in [0, 0.05) is 16.1 Å². The number of nitrogens with one attached hydrogen (secondary N) is 2. The first-order valence-corrected chi connectivity index (χ1v) is 8.47. The van der Waals surface area contributed by atoms with E-state index < -0.39 is 24.4 Å². The van der Waals surface area contributed by atoms with E-state index in [1.54, 1.807) is 30.3 Å². The quantitative estimate of drug-likeness (QED) is 0.530. The summed E-state index contributed by atoms with van der Waals surface area (Å²) >= 11 is 3.26. The lowest BCUT2D eigenvalue weighted by molar-refractivity contribution is -0.125. The van der Waals surface area contributed by atoms with Gasteiger partial charge in [0.15, 0.2) is 6.61 Å². The number of rotatable bonds is 6. The van der Waals surface area contributed by atoms with Crippen molar-refractivity contribution in [1.29, 1.82) is 0 Å². The Hall–Kier alpha value is -3.07. The zero-order valence-corrected chi connectivity index (χ0v) is 16.2. The minimum absolute atomic E-state index is 0.144. The monoisotopic (exact) mass is 436 g/mol. The number of carbonyl (C=O) groups is 3. The van der Waals surface area contributed by atoms with Gasteiger partial charge in [-0.1, -0.05) is 15.9 Å². The van der Waals surface area contributed by atoms with Crippen LogP contribution in [0.5, 0.6) is 11.5 Å². The number of hydrogen-bond acceptors (Lipinski definition) is 6. The van der Waals surface area contributed by atoms with Crippen LogP contribution in [0.15, 0.2) is 46.9 Å². The van der Waals surface area contributed by atoms with Gasteiger partial charge in [-0.05, 0) is 36.4 Å². The lowest BCUT2D eigenvalue weighted by atomic mass is 10.2. The molecule has 2 amide bonds. The molecule has 0 bridgehead atoms. The van der Waals surface area contributed by atoms with Gasteiger partial charge >= 0.3 is 5.97 Å². The minimum Gasteiger partial charge on any atom is -0.497 e. The fraction of sp³-hybridized carbons (Fsp3) is 0.167. The van der Waals surface area contributed by atoms with E-state index in [1.165, 1.54) is 26.4 Å². The van der Waals surface area contributed by atoms with E-state index in [9.17, 15) is 14.4 Å². The summed E-state index contributed by atoms with van der Waals surface area (Å²) in [5, 5.41) is 0. The zero-order chi connectivity index (χ0) is 19.8. The fourth-order valence-electron chi connectivity index (χ4n) is 2.01. The molecular formula is C18H17BrN2O6. The number of carbonyl (C=O) groups excluding carboxylic acids is 3. The first kappa shape index (κ1) is 20.2. The van der Waals surface area contributed by atoms with Crippen LogP contribution < -0.4 is 20.3 Å². The third-order valence-corrected chi connectivity index (χ3v) is 3.91. The van der Waals surface area contributed by atoms with E-state index in [0.717, 1.165) is 4.47 Å². The van der Waals surface area contributed by atoms with Crippen molar-refractivity contribution in [1.82, 2.24) is 10.9 Å². The summed E-state index contributed by atoms with van der Waals surface area (Å²) in [6.07, 6.45) is 0. The van der Waals surface area contributed by atoms with Crippen LogP contribution in [0.4, 0.5) is 0 Å². The first-order chi connectivity index (χ1) is 12.9. The predicted octanol–water partition coefficient (Wildman–Crippen LogP) is 2.08. The number of hydrogen-bond donors (Lipinski definition) is 2. The molecular weight excluding hydrogens is 420 g/mol. The second-order valence-electron chi connectivity index (χ2n) is 5.15. The minimum atomic E-state index is -0.746. The molecule has 0 aromatic heterocycles. The third-order valence-electron chi connectivity index (χ3n) is 3.38. The normalized spacial score (nSPS) is 9.89. The second kappa shape index (κ2) is 9.58. The van der Waals surface area contributed by atoms with Crippen molar-refractivity contribution in [2.45, 2.75) is 0 Å². The zero-order valence-electron chi connectivity index (χ0n) is 14.6. The van der Waals surface area contributed by atoms with Crippen LogP contribution in [0.2, 0.25) is 0 Å². The van der Waals surface area contributed by atoms with Gasteiger partial charge in [-0.3, -0.25) is 20.4 Å². The van der Waals surface area contributed by atoms with Crippen molar-refractivity contribution in [2.24, 2.45) is 0 Å². The van der Waals surface area contributed by atoms with Crippen molar-refractivity contribution in [3.8, 4) is 11.5 Å². The number of amides is 2. The molecule has 0 atom stereocenters. The summed E-state index contributed by atoms with van der Waals surface area (Å²) in [5.74, 6) is -1.18. The Morgan fingerprint density at radius 3 is 2.30 bits per heavy atom. The molecule has 9 heteroatoms. The van der Waals surface area contributed by atoms with Crippen molar-refractivity contribution in [2.75, 3.05) is 20.8 Å². The maximum atomic E-state index is 12.1. The Kier molecular flexibility index (Phi) is 7.18. The molecule has 2 N–H and O–H groups in total. The Morgan fingerprint density at radius 2 is 1.67 bits per heavy atom. The molecule has 0 fully saturated rings. The van der Waals surface area contributed by atoms with E-state index >= 15 is 0 Å². The van der Waals surface area contributed by atoms with Crippen molar-refractivity contribution < 1.29 is 28.6 Å². The predicted molar refractivity (Wildman–Crippen MR) is 99.6 cm³/mol. The molecule has 0 saturated carbocycles. The molecule has 0 spiro atoms. The van der Waals surface area contributed by atoms with E-state index in [2.05, 4.69) is 26.8 Å². The molecule has 2 rings (SSSR count). The van der Waals surface area contributed by atoms with Gasteiger partial charge < -0.3 is 14.2 Å². The third kappa shape index (κ3) is 5.71. The van der Waals surface area contributed by atoms with Crippen LogP contribution in [0, 0.1) is 0 Å². The van der Waals surface area contributed by atoms with Gasteiger partial charge in [0.2, 0.25) is 0 Å². The molecule has 27 heavy (non-hydrogen) atoms. The second-order valence-corrected chi connectivity index (χ2v) is 6.07. The van der Waals surface area contributed by atoms with Crippen LogP contribution in [0.25, 0.3) is 0 Å². The molecule has 0 saturated heterocycles. The summed E-state index contributed by atoms with van der Waals surface area (Å²) in [4.78, 5) is 35.8. The van der Waals surface area contributed by atoms with Crippen molar-refractivity contribution in [3.63, 3.8) is 0 Å². The Balaban J connectivity index is 1.85. The largest absolute Gasteiger partial charge is 0.497 e. The smallest absolute Gasteiger partial charge is 0.342 e. The molecule has 8 nitrogen and oxygen atoms in total. The number of halogens is 1. The van der Waals surface area contributed by atoms with E-state index in [0.29, 0.717) is 11.3 Å². The Labute approximate surface area is 163 Å². The molecule has 0 aliphatic heterocycles. The number of hydrazine groups is 1. The lowest BCUT2D eigenvalue weighted by Crippen LogP contribution is -2.43. The maximum absolute atomic E-state index is 12.1. The van der Waals surface area contributed by atoms with E-state index in [1.807, 2.05) is 0 Å². The van der Waals surface area contributed by atoms with Gasteiger partial charge in [0.1, 0.15) is 17.1 Å². The molecule has 0 aliphatic carbocycles. The van der Waals surface area contributed by atoms with E-state index in [4.69, 9.17) is 14.2 Å². The lowest BCUT2D eigenvalue weighted by Gasteiger charge is -2.11. The molecule has 0 unspecified atom stereocenters. The SMILES string of the molecule is COc1ccc(C(=O)OCC(=O)NNC(=O)c2ccc(Br)cc2)c(OC)c1. The van der Waals surface area contributed by atoms with Crippen LogP contribution in [0.1, 0.15) is 20.7 Å². The summed E-state index contributed by atoms with van der Waals surface area (Å²) in [6, 6.07) is 11.1. The summed E-state index contributed by atoms with van der Waals surface area (Å²) in [6.45, 7) is -0.575. The van der Waals surface area contributed by atoms with Gasteiger partial charge in [0.05, 0.1) is 14.2 Å². The highest BCUT2D eigenvalue weighted by atomic mass is 79.9. The van der Waals surface area contributed by atoms with Crippen LogP contribution in [0.3, 0.4) is 0 Å². The Bertz CT molecular complexity index is 838. The number of methoxy groups -OCH3 is 2. The Morgan fingerprint density at radius 1 is 0.963 bits per heavy atom. The molecule has 0 aliphatic rings. The summed E-state index contributed by atoms with van der Waals surface area (Å²) < 4.78 is 15.9. The average molecular weight is 437 g/mol.